The highest BCUT2D eigenvalue weighted by Crippen LogP contribution is 2.28. The number of rotatable bonds is 5. The number of carbonyl (C=O) groups is 2. The van der Waals surface area contributed by atoms with Gasteiger partial charge in [-0.05, 0) is 50.2 Å². The fourth-order valence-corrected chi connectivity index (χ4v) is 2.34. The largest absolute Gasteiger partial charge is 0.493 e. The van der Waals surface area contributed by atoms with E-state index >= 15 is 0 Å². The topological polar surface area (TPSA) is 76.7 Å². The molecule has 0 heterocycles. The Morgan fingerprint density at radius 2 is 1.73 bits per heavy atom. The highest BCUT2D eigenvalue weighted by Gasteiger charge is 2.15. The van der Waals surface area contributed by atoms with E-state index < -0.39 is 17.6 Å². The van der Waals surface area contributed by atoms with E-state index in [2.05, 4.69) is 10.9 Å². The molecule has 26 heavy (non-hydrogen) atoms. The van der Waals surface area contributed by atoms with Crippen molar-refractivity contribution in [2.24, 2.45) is 0 Å². The first-order valence-electron chi connectivity index (χ1n) is 7.72. The Morgan fingerprint density at radius 3 is 2.35 bits per heavy atom. The Morgan fingerprint density at radius 1 is 1.04 bits per heavy atom. The number of benzene rings is 2. The number of hydrazine groups is 1. The third-order valence-electron chi connectivity index (χ3n) is 3.25. The van der Waals surface area contributed by atoms with Crippen molar-refractivity contribution in [2.75, 3.05) is 7.11 Å². The standard InChI is InChI=1S/C18H18ClFN2O4/c1-10(2)26-15-7-4-11(8-16(15)25-3)17(23)21-22-18(24)13-6-5-12(20)9-14(13)19/h4-10H,1-3H3,(H,21,23)(H,22,24). The van der Waals surface area contributed by atoms with Gasteiger partial charge in [-0.1, -0.05) is 11.6 Å². The van der Waals surface area contributed by atoms with Gasteiger partial charge in [-0.15, -0.1) is 0 Å². The van der Waals surface area contributed by atoms with Crippen LogP contribution in [0.4, 0.5) is 4.39 Å². The number of ether oxygens (including phenoxy) is 2. The van der Waals surface area contributed by atoms with Crippen molar-refractivity contribution in [1.29, 1.82) is 0 Å². The van der Waals surface area contributed by atoms with Crippen molar-refractivity contribution in [3.05, 3.63) is 58.4 Å². The SMILES string of the molecule is COc1cc(C(=O)NNC(=O)c2ccc(F)cc2Cl)ccc1OC(C)C. The van der Waals surface area contributed by atoms with Crippen LogP contribution in [0, 0.1) is 5.82 Å². The Balaban J connectivity index is 2.06. The van der Waals surface area contributed by atoms with Crippen LogP contribution in [0.3, 0.4) is 0 Å². The van der Waals surface area contributed by atoms with Crippen LogP contribution in [0.2, 0.25) is 5.02 Å². The zero-order valence-electron chi connectivity index (χ0n) is 14.4. The molecule has 0 aliphatic rings. The summed E-state index contributed by atoms with van der Waals surface area (Å²) in [5.41, 5.74) is 4.77. The summed E-state index contributed by atoms with van der Waals surface area (Å²) in [5.74, 6) is -0.909. The van der Waals surface area contributed by atoms with Gasteiger partial charge in [0.25, 0.3) is 11.8 Å². The number of methoxy groups -OCH3 is 1. The summed E-state index contributed by atoms with van der Waals surface area (Å²) >= 11 is 5.81. The predicted octanol–water partition coefficient (Wildman–Crippen LogP) is 3.35. The second-order valence-electron chi connectivity index (χ2n) is 5.56. The van der Waals surface area contributed by atoms with Crippen molar-refractivity contribution >= 4 is 23.4 Å². The fraction of sp³-hybridized carbons (Fsp3) is 0.222. The number of halogens is 2. The molecule has 0 spiro atoms. The molecule has 0 saturated carbocycles. The van der Waals surface area contributed by atoms with Gasteiger partial charge in [0.2, 0.25) is 0 Å². The van der Waals surface area contributed by atoms with E-state index in [0.29, 0.717) is 11.5 Å². The molecule has 0 fully saturated rings. The smallest absolute Gasteiger partial charge is 0.271 e. The number of amides is 2. The van der Waals surface area contributed by atoms with Crippen molar-refractivity contribution < 1.29 is 23.5 Å². The first-order valence-corrected chi connectivity index (χ1v) is 8.10. The summed E-state index contributed by atoms with van der Waals surface area (Å²) < 4.78 is 23.8. The summed E-state index contributed by atoms with van der Waals surface area (Å²) in [6.07, 6.45) is -0.0525. The van der Waals surface area contributed by atoms with E-state index in [0.717, 1.165) is 12.1 Å². The van der Waals surface area contributed by atoms with Gasteiger partial charge in [0, 0.05) is 5.56 Å². The van der Waals surface area contributed by atoms with Gasteiger partial charge in [0.05, 0.1) is 23.8 Å². The maximum atomic E-state index is 13.0. The second kappa shape index (κ2) is 8.53. The van der Waals surface area contributed by atoms with Gasteiger partial charge < -0.3 is 9.47 Å². The molecular formula is C18H18ClFN2O4. The lowest BCUT2D eigenvalue weighted by Crippen LogP contribution is -2.41. The van der Waals surface area contributed by atoms with Crippen LogP contribution in [0.1, 0.15) is 34.6 Å². The zero-order valence-corrected chi connectivity index (χ0v) is 15.2. The first kappa shape index (κ1) is 19.5. The molecule has 0 bridgehead atoms. The summed E-state index contributed by atoms with van der Waals surface area (Å²) in [5, 5.41) is -0.0615. The summed E-state index contributed by atoms with van der Waals surface area (Å²) in [7, 11) is 1.46. The van der Waals surface area contributed by atoms with Crippen LogP contribution in [0.5, 0.6) is 11.5 Å². The van der Waals surface area contributed by atoms with Crippen LogP contribution >= 0.6 is 11.6 Å². The quantitative estimate of drug-likeness (QED) is 0.780. The minimum Gasteiger partial charge on any atom is -0.493 e. The third kappa shape index (κ3) is 4.86. The van der Waals surface area contributed by atoms with Gasteiger partial charge in [0.15, 0.2) is 11.5 Å². The van der Waals surface area contributed by atoms with Crippen LogP contribution in [-0.2, 0) is 0 Å². The van der Waals surface area contributed by atoms with Crippen molar-refractivity contribution in [1.82, 2.24) is 10.9 Å². The lowest BCUT2D eigenvalue weighted by atomic mass is 10.2. The summed E-state index contributed by atoms with van der Waals surface area (Å²) in [6, 6.07) is 7.96. The Bertz CT molecular complexity index is 827. The Hall–Kier alpha value is -2.80. The van der Waals surface area contributed by atoms with E-state index in [1.807, 2.05) is 13.8 Å². The van der Waals surface area contributed by atoms with E-state index in [1.165, 1.54) is 25.3 Å². The molecule has 2 rings (SSSR count). The summed E-state index contributed by atoms with van der Waals surface area (Å²) in [4.78, 5) is 24.2. The molecule has 0 aliphatic carbocycles. The second-order valence-corrected chi connectivity index (χ2v) is 5.97. The highest BCUT2D eigenvalue weighted by atomic mass is 35.5. The maximum absolute atomic E-state index is 13.0. The minimum absolute atomic E-state index is 0.0339. The predicted molar refractivity (Wildman–Crippen MR) is 95.1 cm³/mol. The normalized spacial score (nSPS) is 10.4. The molecule has 0 radical (unpaired) electrons. The average molecular weight is 381 g/mol. The third-order valence-corrected chi connectivity index (χ3v) is 3.57. The number of hydrogen-bond acceptors (Lipinski definition) is 4. The zero-order chi connectivity index (χ0) is 19.3. The average Bonchev–Trinajstić information content (AvgIpc) is 2.59. The van der Waals surface area contributed by atoms with Crippen LogP contribution in [0.25, 0.3) is 0 Å². The molecule has 138 valence electrons. The molecule has 2 amide bonds. The van der Waals surface area contributed by atoms with E-state index in [4.69, 9.17) is 21.1 Å². The molecule has 2 N–H and O–H groups in total. The maximum Gasteiger partial charge on any atom is 0.271 e. The lowest BCUT2D eigenvalue weighted by molar-refractivity contribution is 0.0846. The van der Waals surface area contributed by atoms with Crippen molar-refractivity contribution in [3.8, 4) is 11.5 Å². The minimum atomic E-state index is -0.671. The molecule has 0 unspecified atom stereocenters. The molecule has 0 aromatic heterocycles. The fourth-order valence-electron chi connectivity index (χ4n) is 2.09. The van der Waals surface area contributed by atoms with Crippen LogP contribution in [-0.4, -0.2) is 25.0 Å². The number of carbonyl (C=O) groups excluding carboxylic acids is 2. The van der Waals surface area contributed by atoms with Crippen molar-refractivity contribution in [3.63, 3.8) is 0 Å². The van der Waals surface area contributed by atoms with Gasteiger partial charge in [0.1, 0.15) is 5.82 Å². The Labute approximate surface area is 155 Å². The highest BCUT2D eigenvalue weighted by molar-refractivity contribution is 6.33. The van der Waals surface area contributed by atoms with Crippen molar-refractivity contribution in [2.45, 2.75) is 20.0 Å². The van der Waals surface area contributed by atoms with Gasteiger partial charge in [-0.2, -0.15) is 0 Å². The molecule has 0 aliphatic heterocycles. The molecule has 2 aromatic rings. The van der Waals surface area contributed by atoms with E-state index in [9.17, 15) is 14.0 Å². The monoisotopic (exact) mass is 380 g/mol. The van der Waals surface area contributed by atoms with E-state index in [1.54, 1.807) is 6.07 Å². The molecule has 2 aromatic carbocycles. The molecular weight excluding hydrogens is 363 g/mol. The van der Waals surface area contributed by atoms with Gasteiger partial charge >= 0.3 is 0 Å². The summed E-state index contributed by atoms with van der Waals surface area (Å²) in [6.45, 7) is 3.74. The van der Waals surface area contributed by atoms with Gasteiger partial charge in [-0.25, -0.2) is 4.39 Å². The molecule has 8 heteroatoms. The van der Waals surface area contributed by atoms with Gasteiger partial charge in [-0.3, -0.25) is 20.4 Å². The number of nitrogens with one attached hydrogen (secondary N) is 2. The van der Waals surface area contributed by atoms with Crippen LogP contribution < -0.4 is 20.3 Å². The first-order chi connectivity index (χ1) is 12.3. The Kier molecular flexibility index (Phi) is 6.41. The molecule has 0 atom stereocenters. The molecule has 0 saturated heterocycles. The number of hydrogen-bond donors (Lipinski definition) is 2. The van der Waals surface area contributed by atoms with E-state index in [-0.39, 0.29) is 22.3 Å². The molecule has 6 nitrogen and oxygen atoms in total. The van der Waals surface area contributed by atoms with Crippen LogP contribution in [0.15, 0.2) is 36.4 Å². The lowest BCUT2D eigenvalue weighted by Gasteiger charge is -2.14.